The smallest absolute Gasteiger partial charge is 0.315 e. The molecule has 0 spiro atoms. The number of nitrogens with zero attached hydrogens (tertiary/aromatic N) is 1. The second kappa shape index (κ2) is 4.17. The topological polar surface area (TPSA) is 32.3 Å². The van der Waals surface area contributed by atoms with Gasteiger partial charge in [0.25, 0.3) is 0 Å². The van der Waals surface area contributed by atoms with Crippen molar-refractivity contribution in [2.75, 3.05) is 11.4 Å². The number of rotatable bonds is 1. The minimum atomic E-state index is -0.0999. The van der Waals surface area contributed by atoms with Crippen molar-refractivity contribution in [3.63, 3.8) is 0 Å². The Balaban J connectivity index is 2.29. The van der Waals surface area contributed by atoms with Crippen LogP contribution in [0.25, 0.3) is 0 Å². The Morgan fingerprint density at radius 2 is 2.27 bits per heavy atom. The predicted molar refractivity (Wildman–Crippen MR) is 60.8 cm³/mol. The highest BCUT2D eigenvalue weighted by molar-refractivity contribution is 5.93. The van der Waals surface area contributed by atoms with Gasteiger partial charge in [-0.25, -0.2) is 4.79 Å². The van der Waals surface area contributed by atoms with Gasteiger partial charge in [-0.1, -0.05) is 24.8 Å². The maximum atomic E-state index is 11.7. The second-order valence-electron chi connectivity index (χ2n) is 3.54. The van der Waals surface area contributed by atoms with E-state index in [1.807, 2.05) is 18.2 Å². The van der Waals surface area contributed by atoms with Crippen LogP contribution in [0.3, 0.4) is 0 Å². The van der Waals surface area contributed by atoms with Crippen LogP contribution in [0.4, 0.5) is 10.5 Å². The van der Waals surface area contributed by atoms with Gasteiger partial charge in [0.1, 0.15) is 0 Å². The highest BCUT2D eigenvalue weighted by atomic mass is 16.2. The lowest BCUT2D eigenvalue weighted by Crippen LogP contribution is -2.40. The Kier molecular flexibility index (Phi) is 2.72. The predicted octanol–water partition coefficient (Wildman–Crippen LogP) is 2.29. The van der Waals surface area contributed by atoms with E-state index in [0.717, 1.165) is 25.1 Å². The van der Waals surface area contributed by atoms with Crippen LogP contribution < -0.4 is 10.2 Å². The maximum Gasteiger partial charge on any atom is 0.325 e. The van der Waals surface area contributed by atoms with Crippen LogP contribution in [-0.4, -0.2) is 12.6 Å². The summed E-state index contributed by atoms with van der Waals surface area (Å²) in [4.78, 5) is 13.5. The lowest BCUT2D eigenvalue weighted by molar-refractivity contribution is 0.249. The SMILES string of the molecule is C=CNC(=O)N1CCCc2ccccc21. The number of carbonyl (C=O) groups is 1. The van der Waals surface area contributed by atoms with Gasteiger partial charge in [-0.2, -0.15) is 0 Å². The van der Waals surface area contributed by atoms with E-state index >= 15 is 0 Å². The van der Waals surface area contributed by atoms with Crippen LogP contribution in [0.2, 0.25) is 0 Å². The summed E-state index contributed by atoms with van der Waals surface area (Å²) in [5.41, 5.74) is 2.26. The summed E-state index contributed by atoms with van der Waals surface area (Å²) in [5.74, 6) is 0. The summed E-state index contributed by atoms with van der Waals surface area (Å²) < 4.78 is 0. The first-order chi connectivity index (χ1) is 7.33. The van der Waals surface area contributed by atoms with Gasteiger partial charge in [-0.3, -0.25) is 4.90 Å². The van der Waals surface area contributed by atoms with Crippen LogP contribution in [0.1, 0.15) is 12.0 Å². The van der Waals surface area contributed by atoms with Crippen LogP contribution in [-0.2, 0) is 6.42 Å². The molecule has 0 unspecified atom stereocenters. The molecular weight excluding hydrogens is 188 g/mol. The summed E-state index contributed by atoms with van der Waals surface area (Å²) in [6, 6.07) is 7.92. The molecular formula is C12H14N2O. The zero-order chi connectivity index (χ0) is 10.7. The molecule has 78 valence electrons. The van der Waals surface area contributed by atoms with E-state index in [1.54, 1.807) is 4.90 Å². The molecule has 0 bridgehead atoms. The average Bonchev–Trinajstić information content (AvgIpc) is 2.28. The van der Waals surface area contributed by atoms with Gasteiger partial charge in [0.05, 0.1) is 0 Å². The van der Waals surface area contributed by atoms with Crippen molar-refractivity contribution in [2.45, 2.75) is 12.8 Å². The van der Waals surface area contributed by atoms with Crippen molar-refractivity contribution in [3.05, 3.63) is 42.6 Å². The third kappa shape index (κ3) is 1.86. The third-order valence-electron chi connectivity index (χ3n) is 2.58. The molecule has 3 heteroatoms. The minimum absolute atomic E-state index is 0.0999. The lowest BCUT2D eigenvalue weighted by Gasteiger charge is -2.28. The molecule has 1 aromatic rings. The quantitative estimate of drug-likeness (QED) is 0.744. The van der Waals surface area contributed by atoms with E-state index in [4.69, 9.17) is 0 Å². The van der Waals surface area contributed by atoms with Gasteiger partial charge >= 0.3 is 6.03 Å². The first-order valence-corrected chi connectivity index (χ1v) is 5.10. The zero-order valence-corrected chi connectivity index (χ0v) is 8.57. The monoisotopic (exact) mass is 202 g/mol. The fourth-order valence-electron chi connectivity index (χ4n) is 1.91. The number of nitrogens with one attached hydrogen (secondary N) is 1. The molecule has 0 saturated carbocycles. The van der Waals surface area contributed by atoms with Crippen molar-refractivity contribution in [3.8, 4) is 0 Å². The van der Waals surface area contributed by atoms with E-state index in [1.165, 1.54) is 11.8 Å². The number of amides is 2. The number of para-hydroxylation sites is 1. The molecule has 0 saturated heterocycles. The fourth-order valence-corrected chi connectivity index (χ4v) is 1.91. The number of benzene rings is 1. The number of carbonyl (C=O) groups excluding carboxylic acids is 1. The fraction of sp³-hybridized carbons (Fsp3) is 0.250. The molecule has 1 aromatic carbocycles. The first kappa shape index (κ1) is 9.77. The van der Waals surface area contributed by atoms with Crippen molar-refractivity contribution in [2.24, 2.45) is 0 Å². The second-order valence-corrected chi connectivity index (χ2v) is 3.54. The molecule has 1 N–H and O–H groups in total. The minimum Gasteiger partial charge on any atom is -0.315 e. The molecule has 2 rings (SSSR count). The highest BCUT2D eigenvalue weighted by Gasteiger charge is 2.20. The molecule has 0 radical (unpaired) electrons. The zero-order valence-electron chi connectivity index (χ0n) is 8.57. The van der Waals surface area contributed by atoms with Gasteiger partial charge in [0, 0.05) is 12.2 Å². The van der Waals surface area contributed by atoms with Crippen molar-refractivity contribution in [1.82, 2.24) is 5.32 Å². The molecule has 1 aliphatic heterocycles. The van der Waals surface area contributed by atoms with Gasteiger partial charge in [0.15, 0.2) is 0 Å². The Hall–Kier alpha value is -1.77. The molecule has 1 aliphatic rings. The summed E-state index contributed by atoms with van der Waals surface area (Å²) >= 11 is 0. The first-order valence-electron chi connectivity index (χ1n) is 5.10. The van der Waals surface area contributed by atoms with Crippen LogP contribution in [0.15, 0.2) is 37.0 Å². The molecule has 0 aliphatic carbocycles. The van der Waals surface area contributed by atoms with E-state index in [-0.39, 0.29) is 6.03 Å². The largest absolute Gasteiger partial charge is 0.325 e. The van der Waals surface area contributed by atoms with Gasteiger partial charge < -0.3 is 5.32 Å². The normalized spacial score (nSPS) is 14.3. The molecule has 0 fully saturated rings. The average molecular weight is 202 g/mol. The van der Waals surface area contributed by atoms with Crippen molar-refractivity contribution in [1.29, 1.82) is 0 Å². The number of hydrogen-bond donors (Lipinski definition) is 1. The number of aryl methyl sites for hydroxylation is 1. The molecule has 1 heterocycles. The third-order valence-corrected chi connectivity index (χ3v) is 2.58. The number of urea groups is 1. The molecule has 2 amide bonds. The number of fused-ring (bicyclic) bond motifs is 1. The summed E-state index contributed by atoms with van der Waals surface area (Å²) in [5, 5.41) is 2.61. The molecule has 15 heavy (non-hydrogen) atoms. The Labute approximate surface area is 89.4 Å². The van der Waals surface area contributed by atoms with E-state index in [9.17, 15) is 4.79 Å². The highest BCUT2D eigenvalue weighted by Crippen LogP contribution is 2.26. The summed E-state index contributed by atoms with van der Waals surface area (Å²) in [6.07, 6.45) is 3.48. The van der Waals surface area contributed by atoms with Crippen LogP contribution in [0, 0.1) is 0 Å². The Bertz CT molecular complexity index is 387. The standard InChI is InChI=1S/C12H14N2O/c1-2-13-12(15)14-9-5-7-10-6-3-4-8-11(10)14/h2-4,6,8H,1,5,7,9H2,(H,13,15). The number of hydrogen-bond acceptors (Lipinski definition) is 1. The maximum absolute atomic E-state index is 11.7. The van der Waals surface area contributed by atoms with Gasteiger partial charge in [-0.15, -0.1) is 0 Å². The van der Waals surface area contributed by atoms with Crippen LogP contribution in [0.5, 0.6) is 0 Å². The van der Waals surface area contributed by atoms with Crippen molar-refractivity contribution < 1.29 is 4.79 Å². The molecule has 0 aromatic heterocycles. The lowest BCUT2D eigenvalue weighted by atomic mass is 10.0. The van der Waals surface area contributed by atoms with Gasteiger partial charge in [-0.05, 0) is 30.7 Å². The van der Waals surface area contributed by atoms with Crippen molar-refractivity contribution >= 4 is 11.7 Å². The number of anilines is 1. The van der Waals surface area contributed by atoms with E-state index in [0.29, 0.717) is 0 Å². The Morgan fingerprint density at radius 1 is 1.47 bits per heavy atom. The summed E-state index contributed by atoms with van der Waals surface area (Å²) in [6.45, 7) is 4.27. The molecule has 0 atom stereocenters. The Morgan fingerprint density at radius 3 is 3.07 bits per heavy atom. The van der Waals surface area contributed by atoms with Crippen LogP contribution >= 0.6 is 0 Å². The molecule has 3 nitrogen and oxygen atoms in total. The van der Waals surface area contributed by atoms with E-state index in [2.05, 4.69) is 18.0 Å². The van der Waals surface area contributed by atoms with Gasteiger partial charge in [0.2, 0.25) is 0 Å². The summed E-state index contributed by atoms with van der Waals surface area (Å²) in [7, 11) is 0. The van der Waals surface area contributed by atoms with E-state index < -0.39 is 0 Å².